The lowest BCUT2D eigenvalue weighted by atomic mass is 10.0. The molecule has 0 bridgehead atoms. The summed E-state index contributed by atoms with van der Waals surface area (Å²) in [4.78, 5) is 14.6. The number of alkyl halides is 3. The number of ether oxygens (including phenoxy) is 1. The van der Waals surface area contributed by atoms with Crippen LogP contribution in [0.5, 0.6) is 0 Å². The maximum atomic E-state index is 12.9. The van der Waals surface area contributed by atoms with E-state index in [1.165, 1.54) is 18.3 Å². The number of hydrogen-bond acceptors (Lipinski definition) is 4. The van der Waals surface area contributed by atoms with Gasteiger partial charge in [-0.1, -0.05) is 24.6 Å². The van der Waals surface area contributed by atoms with E-state index in [9.17, 15) is 18.0 Å². The summed E-state index contributed by atoms with van der Waals surface area (Å²) in [6.07, 6.45) is -2.32. The van der Waals surface area contributed by atoms with E-state index in [0.29, 0.717) is 25.4 Å². The van der Waals surface area contributed by atoms with Gasteiger partial charge in [-0.05, 0) is 31.5 Å². The first kappa shape index (κ1) is 19.7. The van der Waals surface area contributed by atoms with Crippen molar-refractivity contribution in [3.8, 4) is 5.69 Å². The lowest BCUT2D eigenvalue weighted by Gasteiger charge is -2.41. The fraction of sp³-hybridized carbons (Fsp3) is 0.444. The Morgan fingerprint density at radius 1 is 1.37 bits per heavy atom. The first-order valence-corrected chi connectivity index (χ1v) is 8.87. The number of nitrogens with zero attached hydrogens (tertiary/aromatic N) is 3. The molecule has 2 heterocycles. The lowest BCUT2D eigenvalue weighted by Crippen LogP contribution is -2.50. The Kier molecular flexibility index (Phi) is 5.22. The highest BCUT2D eigenvalue weighted by Gasteiger charge is 2.33. The van der Waals surface area contributed by atoms with Crippen molar-refractivity contribution in [1.29, 1.82) is 0 Å². The van der Waals surface area contributed by atoms with Crippen LogP contribution in [0, 0.1) is 0 Å². The number of anilines is 1. The van der Waals surface area contributed by atoms with Gasteiger partial charge in [0.25, 0.3) is 5.56 Å². The molecule has 0 N–H and O–H groups in total. The Morgan fingerprint density at radius 2 is 2.11 bits per heavy atom. The Hall–Kier alpha value is -2.06. The van der Waals surface area contributed by atoms with Gasteiger partial charge in [0.15, 0.2) is 0 Å². The van der Waals surface area contributed by atoms with Crippen LogP contribution in [0.3, 0.4) is 0 Å². The zero-order valence-electron chi connectivity index (χ0n) is 14.9. The van der Waals surface area contributed by atoms with Crippen LogP contribution in [0.15, 0.2) is 35.3 Å². The fourth-order valence-electron chi connectivity index (χ4n) is 2.99. The van der Waals surface area contributed by atoms with E-state index in [-0.39, 0.29) is 16.3 Å². The van der Waals surface area contributed by atoms with E-state index in [2.05, 4.69) is 5.10 Å². The van der Waals surface area contributed by atoms with Gasteiger partial charge in [0.2, 0.25) is 0 Å². The van der Waals surface area contributed by atoms with Crippen molar-refractivity contribution in [2.45, 2.75) is 32.0 Å². The van der Waals surface area contributed by atoms with Crippen molar-refractivity contribution >= 4 is 17.3 Å². The third-order valence-electron chi connectivity index (χ3n) is 4.74. The van der Waals surface area contributed by atoms with Gasteiger partial charge in [0.05, 0.1) is 35.3 Å². The van der Waals surface area contributed by atoms with Gasteiger partial charge in [-0.15, -0.1) is 0 Å². The van der Waals surface area contributed by atoms with Gasteiger partial charge in [0.1, 0.15) is 5.02 Å². The van der Waals surface area contributed by atoms with Gasteiger partial charge >= 0.3 is 6.18 Å². The summed E-state index contributed by atoms with van der Waals surface area (Å²) in [5.41, 5.74) is -1.44. The highest BCUT2D eigenvalue weighted by Crippen LogP contribution is 2.31. The minimum absolute atomic E-state index is 0.00338. The predicted molar refractivity (Wildman–Crippen MR) is 96.7 cm³/mol. The van der Waals surface area contributed by atoms with Gasteiger partial charge < -0.3 is 9.64 Å². The van der Waals surface area contributed by atoms with Crippen LogP contribution in [0.2, 0.25) is 5.02 Å². The maximum Gasteiger partial charge on any atom is 0.416 e. The van der Waals surface area contributed by atoms with Crippen molar-refractivity contribution in [3.05, 3.63) is 51.4 Å². The average molecular weight is 402 g/mol. The van der Waals surface area contributed by atoms with E-state index in [1.807, 2.05) is 18.7 Å². The van der Waals surface area contributed by atoms with Crippen LogP contribution < -0.4 is 10.5 Å². The molecule has 2 aromatic rings. The van der Waals surface area contributed by atoms with Crippen molar-refractivity contribution < 1.29 is 17.9 Å². The minimum atomic E-state index is -4.51. The molecule has 1 aliphatic heterocycles. The molecule has 1 saturated heterocycles. The summed E-state index contributed by atoms with van der Waals surface area (Å²) in [6, 6.07) is 4.41. The Labute approximate surface area is 159 Å². The monoisotopic (exact) mass is 401 g/mol. The van der Waals surface area contributed by atoms with E-state index in [1.54, 1.807) is 0 Å². The zero-order chi connectivity index (χ0) is 19.8. The SMILES string of the molecule is CCC1(C)CN(c2cnn(-c3cccc(C(F)(F)F)c3)c(=O)c2Cl)CCO1. The number of hydrogen-bond donors (Lipinski definition) is 0. The quantitative estimate of drug-likeness (QED) is 0.782. The first-order chi connectivity index (χ1) is 12.6. The molecule has 0 radical (unpaired) electrons. The van der Waals surface area contributed by atoms with Crippen LogP contribution in [0.25, 0.3) is 5.69 Å². The second-order valence-corrected chi connectivity index (χ2v) is 7.06. The first-order valence-electron chi connectivity index (χ1n) is 8.49. The van der Waals surface area contributed by atoms with Gasteiger partial charge in [0, 0.05) is 13.1 Å². The molecule has 0 saturated carbocycles. The van der Waals surface area contributed by atoms with Gasteiger partial charge in [-0.2, -0.15) is 23.0 Å². The molecular weight excluding hydrogens is 383 g/mol. The number of aromatic nitrogens is 2. The van der Waals surface area contributed by atoms with Crippen LogP contribution in [0.1, 0.15) is 25.8 Å². The fourth-order valence-corrected chi connectivity index (χ4v) is 3.24. The summed E-state index contributed by atoms with van der Waals surface area (Å²) in [6.45, 7) is 5.55. The maximum absolute atomic E-state index is 12.9. The second-order valence-electron chi connectivity index (χ2n) is 6.68. The molecule has 1 fully saturated rings. The molecule has 1 aliphatic rings. The molecule has 0 amide bonds. The predicted octanol–water partition coefficient (Wildman–Crippen LogP) is 3.91. The van der Waals surface area contributed by atoms with E-state index >= 15 is 0 Å². The highest BCUT2D eigenvalue weighted by atomic mass is 35.5. The molecule has 3 rings (SSSR count). The standard InChI is InChI=1S/C18H19ClF3N3O2/c1-3-17(2)11-24(7-8-27-17)14-10-23-25(16(26)15(14)19)13-6-4-5-12(9-13)18(20,21)22/h4-6,9-10H,3,7-8,11H2,1-2H3. The number of halogens is 4. The molecule has 9 heteroatoms. The molecule has 0 spiro atoms. The molecule has 146 valence electrons. The van der Waals surface area contributed by atoms with Crippen LogP contribution in [0.4, 0.5) is 18.9 Å². The van der Waals surface area contributed by atoms with Crippen molar-refractivity contribution in [3.63, 3.8) is 0 Å². The summed E-state index contributed by atoms with van der Waals surface area (Å²) in [5.74, 6) is 0. The van der Waals surface area contributed by atoms with E-state index in [0.717, 1.165) is 23.2 Å². The molecule has 5 nitrogen and oxygen atoms in total. The van der Waals surface area contributed by atoms with Gasteiger partial charge in [-0.25, -0.2) is 0 Å². The summed E-state index contributed by atoms with van der Waals surface area (Å²) in [7, 11) is 0. The van der Waals surface area contributed by atoms with E-state index in [4.69, 9.17) is 16.3 Å². The van der Waals surface area contributed by atoms with Crippen molar-refractivity contribution in [2.75, 3.05) is 24.6 Å². The molecule has 1 atom stereocenters. The number of morpholine rings is 1. The molecule has 0 aliphatic carbocycles. The van der Waals surface area contributed by atoms with E-state index < -0.39 is 17.3 Å². The molecule has 1 aromatic carbocycles. The molecular formula is C18H19ClF3N3O2. The second kappa shape index (κ2) is 7.16. The van der Waals surface area contributed by atoms with Crippen LogP contribution >= 0.6 is 11.6 Å². The summed E-state index contributed by atoms with van der Waals surface area (Å²) in [5, 5.41) is 3.97. The Balaban J connectivity index is 1.98. The summed E-state index contributed by atoms with van der Waals surface area (Å²) >= 11 is 6.27. The largest absolute Gasteiger partial charge is 0.416 e. The Bertz CT molecular complexity index is 900. The smallest absolute Gasteiger partial charge is 0.372 e. The van der Waals surface area contributed by atoms with Crippen molar-refractivity contribution in [1.82, 2.24) is 9.78 Å². The number of benzene rings is 1. The molecule has 1 aromatic heterocycles. The lowest BCUT2D eigenvalue weighted by molar-refractivity contribution is -0.137. The third-order valence-corrected chi connectivity index (χ3v) is 5.10. The van der Waals surface area contributed by atoms with Crippen LogP contribution in [-0.2, 0) is 10.9 Å². The zero-order valence-corrected chi connectivity index (χ0v) is 15.6. The summed E-state index contributed by atoms with van der Waals surface area (Å²) < 4.78 is 45.4. The normalized spacial score (nSPS) is 20.7. The average Bonchev–Trinajstić information content (AvgIpc) is 2.63. The Morgan fingerprint density at radius 3 is 2.78 bits per heavy atom. The number of rotatable bonds is 3. The van der Waals surface area contributed by atoms with Crippen molar-refractivity contribution in [2.24, 2.45) is 0 Å². The third kappa shape index (κ3) is 3.96. The van der Waals surface area contributed by atoms with Crippen LogP contribution in [-0.4, -0.2) is 35.1 Å². The molecule has 27 heavy (non-hydrogen) atoms. The highest BCUT2D eigenvalue weighted by molar-refractivity contribution is 6.33. The molecule has 1 unspecified atom stereocenters. The topological polar surface area (TPSA) is 47.4 Å². The van der Waals surface area contributed by atoms with Gasteiger partial charge in [-0.3, -0.25) is 4.79 Å². The minimum Gasteiger partial charge on any atom is -0.372 e.